The molecule has 0 radical (unpaired) electrons. The number of carbonyl (C=O) groups excluding carboxylic acids is 1. The molecule has 2 aromatic rings. The fourth-order valence-electron chi connectivity index (χ4n) is 2.48. The van der Waals surface area contributed by atoms with E-state index in [1.54, 1.807) is 12.1 Å². The quantitative estimate of drug-likeness (QED) is 0.603. The summed E-state index contributed by atoms with van der Waals surface area (Å²) in [5.74, 6) is -0.363. The lowest BCUT2D eigenvalue weighted by Gasteiger charge is -2.18. The average Bonchev–Trinajstić information content (AvgIpc) is 2.62. The minimum Gasteiger partial charge on any atom is -0.465 e. The highest BCUT2D eigenvalue weighted by atomic mass is 32.1. The van der Waals surface area contributed by atoms with Crippen molar-refractivity contribution >= 4 is 29.0 Å². The lowest BCUT2D eigenvalue weighted by atomic mass is 10.1. The molecule has 0 heterocycles. The molecule has 0 spiro atoms. The second-order valence-corrected chi connectivity index (χ2v) is 6.45. The van der Waals surface area contributed by atoms with E-state index in [-0.39, 0.29) is 12.0 Å². The van der Waals surface area contributed by atoms with Crippen LogP contribution in [0.4, 0.5) is 5.69 Å². The second-order valence-electron chi connectivity index (χ2n) is 6.05. The van der Waals surface area contributed by atoms with Gasteiger partial charge in [-0.3, -0.25) is 0 Å². The van der Waals surface area contributed by atoms with E-state index >= 15 is 0 Å². The molecule has 0 aliphatic rings. The average molecular weight is 356 g/mol. The zero-order valence-corrected chi connectivity index (χ0v) is 15.7. The first-order chi connectivity index (χ1) is 12.0. The molecule has 2 rings (SSSR count). The monoisotopic (exact) mass is 356 g/mol. The van der Waals surface area contributed by atoms with Crippen molar-refractivity contribution in [2.75, 3.05) is 12.4 Å². The molecule has 0 aliphatic carbocycles. The van der Waals surface area contributed by atoms with Crippen molar-refractivity contribution in [1.29, 1.82) is 0 Å². The molecule has 2 N–H and O–H groups in total. The summed E-state index contributed by atoms with van der Waals surface area (Å²) in [6, 6.07) is 16.0. The Bertz CT molecular complexity index is 732. The zero-order chi connectivity index (χ0) is 18.2. The van der Waals surface area contributed by atoms with Gasteiger partial charge in [-0.25, -0.2) is 4.79 Å². The number of rotatable bonds is 6. The summed E-state index contributed by atoms with van der Waals surface area (Å²) in [6.07, 6.45) is 1.97. The van der Waals surface area contributed by atoms with Gasteiger partial charge in [-0.1, -0.05) is 36.4 Å². The van der Waals surface area contributed by atoms with Crippen LogP contribution in [0.15, 0.2) is 48.5 Å². The highest BCUT2D eigenvalue weighted by molar-refractivity contribution is 7.80. The zero-order valence-electron chi connectivity index (χ0n) is 14.8. The summed E-state index contributed by atoms with van der Waals surface area (Å²) >= 11 is 5.40. The van der Waals surface area contributed by atoms with E-state index in [4.69, 9.17) is 17.0 Å². The van der Waals surface area contributed by atoms with Crippen LogP contribution in [0.5, 0.6) is 0 Å². The number of thiocarbonyl (C=S) groups is 1. The fourth-order valence-corrected chi connectivity index (χ4v) is 2.79. The number of aryl methyl sites for hydroxylation is 2. The molecule has 0 bridgehead atoms. The van der Waals surface area contributed by atoms with Crippen LogP contribution in [0.2, 0.25) is 0 Å². The number of benzene rings is 2. The maximum atomic E-state index is 11.7. The van der Waals surface area contributed by atoms with Crippen molar-refractivity contribution in [2.24, 2.45) is 0 Å². The van der Waals surface area contributed by atoms with Gasteiger partial charge in [0.1, 0.15) is 0 Å². The number of methoxy groups -OCH3 is 1. The summed E-state index contributed by atoms with van der Waals surface area (Å²) in [5.41, 5.74) is 3.62. The number of carbonyl (C=O) groups is 1. The number of hydrogen-bond donors (Lipinski definition) is 2. The first-order valence-corrected chi connectivity index (χ1v) is 8.71. The molecule has 0 aliphatic heterocycles. The predicted octanol–water partition coefficient (Wildman–Crippen LogP) is 4.09. The summed E-state index contributed by atoms with van der Waals surface area (Å²) < 4.78 is 4.76. The molecule has 0 saturated heterocycles. The highest BCUT2D eigenvalue weighted by Gasteiger charge is 2.10. The molecular weight excluding hydrogens is 332 g/mol. The van der Waals surface area contributed by atoms with Crippen molar-refractivity contribution in [1.82, 2.24) is 5.32 Å². The lowest BCUT2D eigenvalue weighted by molar-refractivity contribution is 0.0601. The highest BCUT2D eigenvalue weighted by Crippen LogP contribution is 2.17. The normalized spacial score (nSPS) is 11.5. The fraction of sp³-hybridized carbons (Fsp3) is 0.300. The van der Waals surface area contributed by atoms with Crippen LogP contribution in [0, 0.1) is 6.92 Å². The van der Waals surface area contributed by atoms with E-state index < -0.39 is 0 Å². The van der Waals surface area contributed by atoms with Crippen LogP contribution in [-0.2, 0) is 11.2 Å². The van der Waals surface area contributed by atoms with Crippen molar-refractivity contribution in [3.8, 4) is 0 Å². The summed E-state index contributed by atoms with van der Waals surface area (Å²) in [7, 11) is 1.37. The number of esters is 1. The molecule has 1 atom stereocenters. The second kappa shape index (κ2) is 9.18. The Kier molecular flexibility index (Phi) is 6.95. The number of anilines is 1. The molecule has 4 nitrogen and oxygen atoms in total. The molecule has 2 aromatic carbocycles. The molecule has 0 fully saturated rings. The van der Waals surface area contributed by atoms with Gasteiger partial charge in [0.05, 0.1) is 12.7 Å². The number of nitrogens with one attached hydrogen (secondary N) is 2. The van der Waals surface area contributed by atoms with Crippen molar-refractivity contribution in [3.63, 3.8) is 0 Å². The minimum atomic E-state index is -0.363. The van der Waals surface area contributed by atoms with Crippen molar-refractivity contribution in [3.05, 3.63) is 65.2 Å². The maximum absolute atomic E-state index is 11.7. The number of ether oxygens (including phenoxy) is 1. The summed E-state index contributed by atoms with van der Waals surface area (Å²) in [4.78, 5) is 11.7. The molecule has 0 saturated carbocycles. The SMILES string of the molecule is COC(=O)c1ccc(C)c(NC(=S)N[C@H](C)CCc2ccccc2)c1. The van der Waals surface area contributed by atoms with E-state index in [9.17, 15) is 4.79 Å². The van der Waals surface area contributed by atoms with E-state index in [1.165, 1.54) is 12.7 Å². The topological polar surface area (TPSA) is 50.4 Å². The molecule has 25 heavy (non-hydrogen) atoms. The van der Waals surface area contributed by atoms with E-state index in [0.29, 0.717) is 10.7 Å². The van der Waals surface area contributed by atoms with Gasteiger partial charge in [-0.15, -0.1) is 0 Å². The standard InChI is InChI=1S/C20H24N2O2S/c1-14-9-12-17(19(23)24-3)13-18(14)22-20(25)21-15(2)10-11-16-7-5-4-6-8-16/h4-9,12-13,15H,10-11H2,1-3H3,(H2,21,22,25)/t15-/m1/s1. The van der Waals surface area contributed by atoms with Crippen molar-refractivity contribution in [2.45, 2.75) is 32.7 Å². The molecule has 0 unspecified atom stereocenters. The third-order valence-electron chi connectivity index (χ3n) is 3.99. The predicted molar refractivity (Wildman–Crippen MR) is 106 cm³/mol. The van der Waals surface area contributed by atoms with Gasteiger partial charge in [-0.05, 0) is 62.2 Å². The Morgan fingerprint density at radius 3 is 2.60 bits per heavy atom. The Morgan fingerprint density at radius 1 is 1.20 bits per heavy atom. The van der Waals surface area contributed by atoms with Crippen LogP contribution in [-0.4, -0.2) is 24.2 Å². The van der Waals surface area contributed by atoms with Gasteiger partial charge in [0, 0.05) is 11.7 Å². The van der Waals surface area contributed by atoms with Gasteiger partial charge in [-0.2, -0.15) is 0 Å². The molecular formula is C20H24N2O2S. The van der Waals surface area contributed by atoms with Crippen LogP contribution in [0.3, 0.4) is 0 Å². The van der Waals surface area contributed by atoms with Gasteiger partial charge in [0.25, 0.3) is 0 Å². The third kappa shape index (κ3) is 5.87. The van der Waals surface area contributed by atoms with E-state index in [2.05, 4.69) is 41.8 Å². The van der Waals surface area contributed by atoms with Crippen LogP contribution < -0.4 is 10.6 Å². The van der Waals surface area contributed by atoms with Crippen LogP contribution in [0.1, 0.15) is 34.8 Å². The Balaban J connectivity index is 1.90. The first kappa shape index (κ1) is 18.9. The van der Waals surface area contributed by atoms with Crippen molar-refractivity contribution < 1.29 is 9.53 Å². The van der Waals surface area contributed by atoms with Gasteiger partial charge in [0.15, 0.2) is 5.11 Å². The van der Waals surface area contributed by atoms with Crippen LogP contribution >= 0.6 is 12.2 Å². The van der Waals surface area contributed by atoms with Gasteiger partial charge >= 0.3 is 5.97 Å². The van der Waals surface area contributed by atoms with Gasteiger partial charge < -0.3 is 15.4 Å². The van der Waals surface area contributed by atoms with Crippen LogP contribution in [0.25, 0.3) is 0 Å². The molecule has 5 heteroatoms. The van der Waals surface area contributed by atoms with Gasteiger partial charge in [0.2, 0.25) is 0 Å². The Morgan fingerprint density at radius 2 is 1.92 bits per heavy atom. The molecule has 0 aromatic heterocycles. The molecule has 0 amide bonds. The molecule has 132 valence electrons. The third-order valence-corrected chi connectivity index (χ3v) is 4.21. The summed E-state index contributed by atoms with van der Waals surface area (Å²) in [6.45, 7) is 4.07. The van der Waals surface area contributed by atoms with E-state index in [0.717, 1.165) is 24.1 Å². The smallest absolute Gasteiger partial charge is 0.337 e. The minimum absolute atomic E-state index is 0.240. The Hall–Kier alpha value is -2.40. The van der Waals surface area contributed by atoms with E-state index in [1.807, 2.05) is 19.1 Å². The maximum Gasteiger partial charge on any atom is 0.337 e. The summed E-state index contributed by atoms with van der Waals surface area (Å²) in [5, 5.41) is 7.01. The number of hydrogen-bond acceptors (Lipinski definition) is 3. The lowest BCUT2D eigenvalue weighted by Crippen LogP contribution is -2.36. The largest absolute Gasteiger partial charge is 0.465 e. The Labute approximate surface area is 154 Å². The first-order valence-electron chi connectivity index (χ1n) is 8.30.